The van der Waals surface area contributed by atoms with Crippen LogP contribution in [0.5, 0.6) is 0 Å². The van der Waals surface area contributed by atoms with Gasteiger partial charge in [-0.1, -0.05) is 6.92 Å². The molecule has 1 unspecified atom stereocenters. The molecule has 0 bridgehead atoms. The molecule has 0 spiro atoms. The molecule has 2 N–H and O–H groups in total. The summed E-state index contributed by atoms with van der Waals surface area (Å²) in [5, 5.41) is 18.9. The number of aliphatic hydroxyl groups is 2. The second-order valence-electron chi connectivity index (χ2n) is 4.73. The minimum Gasteiger partial charge on any atom is -0.393 e. The molecule has 0 heterocycles. The predicted molar refractivity (Wildman–Crippen MR) is 51.6 cm³/mol. The van der Waals surface area contributed by atoms with Gasteiger partial charge in [-0.2, -0.15) is 0 Å². The van der Waals surface area contributed by atoms with Crippen molar-refractivity contribution in [2.45, 2.75) is 31.8 Å². The van der Waals surface area contributed by atoms with Gasteiger partial charge in [0, 0.05) is 6.42 Å². The molecule has 78 valence electrons. The average Bonchev–Trinajstić information content (AvgIpc) is 2.43. The molecule has 2 rings (SSSR count). The molecule has 0 saturated heterocycles. The largest absolute Gasteiger partial charge is 0.393 e. The van der Waals surface area contributed by atoms with Crippen molar-refractivity contribution in [2.24, 2.45) is 11.8 Å². The Morgan fingerprint density at radius 2 is 2.36 bits per heavy atom. The Morgan fingerprint density at radius 3 is 3.00 bits per heavy atom. The van der Waals surface area contributed by atoms with Crippen molar-refractivity contribution in [1.29, 1.82) is 0 Å². The third-order valence-electron chi connectivity index (χ3n) is 3.28. The van der Waals surface area contributed by atoms with Crippen molar-refractivity contribution in [3.63, 3.8) is 0 Å². The summed E-state index contributed by atoms with van der Waals surface area (Å²) in [6.45, 7) is 1.78. The monoisotopic (exact) mass is 196 g/mol. The van der Waals surface area contributed by atoms with Crippen molar-refractivity contribution in [1.82, 2.24) is 0 Å². The maximum atomic E-state index is 11.6. The van der Waals surface area contributed by atoms with Gasteiger partial charge in [0.2, 0.25) is 0 Å². The molecule has 3 atom stereocenters. The zero-order valence-corrected chi connectivity index (χ0v) is 8.36. The Balaban J connectivity index is 2.24. The van der Waals surface area contributed by atoms with E-state index < -0.39 is 5.60 Å². The van der Waals surface area contributed by atoms with Gasteiger partial charge in [-0.25, -0.2) is 0 Å². The Hall–Kier alpha value is -0.670. The van der Waals surface area contributed by atoms with E-state index >= 15 is 0 Å². The van der Waals surface area contributed by atoms with Crippen LogP contribution in [0.4, 0.5) is 0 Å². The minimum atomic E-state index is -1.14. The maximum absolute atomic E-state index is 11.6. The van der Waals surface area contributed by atoms with Gasteiger partial charge in [-0.3, -0.25) is 4.79 Å². The highest BCUT2D eigenvalue weighted by Gasteiger charge is 2.42. The highest BCUT2D eigenvalue weighted by molar-refractivity contribution is 5.97. The molecule has 3 heteroatoms. The molecule has 0 amide bonds. The van der Waals surface area contributed by atoms with Gasteiger partial charge < -0.3 is 10.2 Å². The van der Waals surface area contributed by atoms with Crippen LogP contribution in [0, 0.1) is 11.8 Å². The summed E-state index contributed by atoms with van der Waals surface area (Å²) in [5.41, 5.74) is -0.389. The minimum absolute atomic E-state index is 0.151. The lowest BCUT2D eigenvalue weighted by atomic mass is 9.79. The first-order valence-corrected chi connectivity index (χ1v) is 5.13. The number of rotatable bonds is 1. The quantitative estimate of drug-likeness (QED) is 0.647. The van der Waals surface area contributed by atoms with E-state index in [0.29, 0.717) is 18.8 Å². The lowest BCUT2D eigenvalue weighted by Crippen LogP contribution is -2.29. The van der Waals surface area contributed by atoms with Gasteiger partial charge in [0.15, 0.2) is 5.78 Å². The van der Waals surface area contributed by atoms with E-state index in [0.717, 1.165) is 12.0 Å². The van der Waals surface area contributed by atoms with Crippen LogP contribution >= 0.6 is 0 Å². The van der Waals surface area contributed by atoms with Crippen LogP contribution in [0.3, 0.4) is 0 Å². The van der Waals surface area contributed by atoms with Crippen molar-refractivity contribution < 1.29 is 15.0 Å². The van der Waals surface area contributed by atoms with Crippen molar-refractivity contribution in [2.75, 3.05) is 6.61 Å². The van der Waals surface area contributed by atoms with Gasteiger partial charge in [-0.05, 0) is 36.3 Å². The number of allylic oxidation sites excluding steroid dienone is 1. The van der Waals surface area contributed by atoms with E-state index in [2.05, 4.69) is 6.92 Å². The van der Waals surface area contributed by atoms with Gasteiger partial charge in [-0.15, -0.1) is 0 Å². The van der Waals surface area contributed by atoms with Gasteiger partial charge in [0.05, 0.1) is 6.61 Å². The Kier molecular flexibility index (Phi) is 2.24. The van der Waals surface area contributed by atoms with Crippen LogP contribution in [-0.4, -0.2) is 28.2 Å². The third kappa shape index (κ3) is 1.51. The first kappa shape index (κ1) is 9.87. The number of Topliss-reactive ketones (excluding diaryl/α,β-unsaturated/α-hetero) is 1. The molecular weight excluding hydrogens is 180 g/mol. The third-order valence-corrected chi connectivity index (χ3v) is 3.28. The summed E-state index contributed by atoms with van der Waals surface area (Å²) in [7, 11) is 0. The number of carbonyl (C=O) groups excluding carboxylic acids is 1. The van der Waals surface area contributed by atoms with Crippen LogP contribution in [0.25, 0.3) is 0 Å². The lowest BCUT2D eigenvalue weighted by molar-refractivity contribution is -0.118. The maximum Gasteiger partial charge on any atom is 0.159 e. The Labute approximate surface area is 83.4 Å². The number of carbonyl (C=O) groups is 1. The van der Waals surface area contributed by atoms with E-state index in [9.17, 15) is 9.90 Å². The van der Waals surface area contributed by atoms with Crippen LogP contribution in [0.2, 0.25) is 0 Å². The highest BCUT2D eigenvalue weighted by atomic mass is 16.3. The number of hydrogen-bond donors (Lipinski definition) is 2. The van der Waals surface area contributed by atoms with Crippen LogP contribution in [0.1, 0.15) is 26.2 Å². The van der Waals surface area contributed by atoms with E-state index in [4.69, 9.17) is 5.11 Å². The summed E-state index contributed by atoms with van der Waals surface area (Å²) >= 11 is 0. The number of hydrogen-bond acceptors (Lipinski definition) is 3. The van der Waals surface area contributed by atoms with E-state index in [1.165, 1.54) is 0 Å². The molecular formula is C11H16O3. The first-order valence-electron chi connectivity index (χ1n) is 5.13. The van der Waals surface area contributed by atoms with Gasteiger partial charge in [0.1, 0.15) is 5.60 Å². The van der Waals surface area contributed by atoms with Crippen LogP contribution < -0.4 is 0 Å². The SMILES string of the molecule is C[C@@H]1CC(=O)C2=CC(O)(CO)C[C@H]2C1. The van der Waals surface area contributed by atoms with E-state index in [1.807, 2.05) is 0 Å². The molecule has 1 fully saturated rings. The van der Waals surface area contributed by atoms with E-state index in [1.54, 1.807) is 6.08 Å². The summed E-state index contributed by atoms with van der Waals surface area (Å²) in [5.74, 6) is 0.729. The molecule has 14 heavy (non-hydrogen) atoms. The zero-order valence-electron chi connectivity index (χ0n) is 8.36. The number of ketones is 1. The standard InChI is InChI=1S/C11H16O3/c1-7-2-8-4-11(14,6-12)5-9(8)10(13)3-7/h5,7-8,12,14H,2-4,6H2,1H3/t7-,8+,11?/m0/s1. The van der Waals surface area contributed by atoms with Crippen LogP contribution in [0.15, 0.2) is 11.6 Å². The van der Waals surface area contributed by atoms with Crippen molar-refractivity contribution in [3.8, 4) is 0 Å². The molecule has 0 aromatic heterocycles. The molecule has 0 radical (unpaired) electrons. The first-order chi connectivity index (χ1) is 6.54. The summed E-state index contributed by atoms with van der Waals surface area (Å²) < 4.78 is 0. The van der Waals surface area contributed by atoms with Gasteiger partial charge >= 0.3 is 0 Å². The summed E-state index contributed by atoms with van der Waals surface area (Å²) in [4.78, 5) is 11.6. The molecule has 2 aliphatic rings. The second-order valence-corrected chi connectivity index (χ2v) is 4.73. The van der Waals surface area contributed by atoms with Crippen molar-refractivity contribution in [3.05, 3.63) is 11.6 Å². The Bertz CT molecular complexity index is 295. The smallest absolute Gasteiger partial charge is 0.159 e. The molecule has 2 aliphatic carbocycles. The summed E-state index contributed by atoms with van der Waals surface area (Å²) in [6.07, 6.45) is 3.63. The second kappa shape index (κ2) is 3.17. The molecule has 0 aliphatic heterocycles. The topological polar surface area (TPSA) is 57.5 Å². The van der Waals surface area contributed by atoms with Crippen LogP contribution in [-0.2, 0) is 4.79 Å². The number of fused-ring (bicyclic) bond motifs is 1. The molecule has 0 aromatic rings. The normalized spacial score (nSPS) is 42.2. The lowest BCUT2D eigenvalue weighted by Gasteiger charge is -2.25. The summed E-state index contributed by atoms with van der Waals surface area (Å²) in [6, 6.07) is 0. The Morgan fingerprint density at radius 1 is 1.64 bits per heavy atom. The fourth-order valence-electron chi connectivity index (χ4n) is 2.63. The fraction of sp³-hybridized carbons (Fsp3) is 0.727. The highest BCUT2D eigenvalue weighted by Crippen LogP contribution is 2.42. The zero-order chi connectivity index (χ0) is 10.3. The number of aliphatic hydroxyl groups excluding tert-OH is 1. The van der Waals surface area contributed by atoms with Crippen molar-refractivity contribution >= 4 is 5.78 Å². The van der Waals surface area contributed by atoms with E-state index in [-0.39, 0.29) is 18.3 Å². The van der Waals surface area contributed by atoms with Gasteiger partial charge in [0.25, 0.3) is 0 Å². The fourth-order valence-corrected chi connectivity index (χ4v) is 2.63. The predicted octanol–water partition coefficient (Wildman–Crippen LogP) is 0.655. The average molecular weight is 196 g/mol. The molecule has 1 saturated carbocycles. The molecule has 3 nitrogen and oxygen atoms in total. The molecule has 0 aromatic carbocycles.